The van der Waals surface area contributed by atoms with Crippen molar-refractivity contribution in [1.29, 1.82) is 0 Å². The highest BCUT2D eigenvalue weighted by atomic mass is 35.5. The van der Waals surface area contributed by atoms with Gasteiger partial charge in [0.05, 0.1) is 21.3 Å². The summed E-state index contributed by atoms with van der Waals surface area (Å²) in [7, 11) is 1.78. The van der Waals surface area contributed by atoms with Crippen molar-refractivity contribution in [3.8, 4) is 5.75 Å². The Bertz CT molecular complexity index is 953. The van der Waals surface area contributed by atoms with E-state index in [9.17, 15) is 4.79 Å². The minimum absolute atomic E-state index is 0.132. The summed E-state index contributed by atoms with van der Waals surface area (Å²) in [5.74, 6) is 1.41. The zero-order valence-electron chi connectivity index (χ0n) is 14.2. The Balaban J connectivity index is 1.64. The van der Waals surface area contributed by atoms with E-state index < -0.39 is 0 Å². The number of para-hydroxylation sites is 1. The molecule has 5 nitrogen and oxygen atoms in total. The fourth-order valence-electron chi connectivity index (χ4n) is 2.41. The number of allylic oxidation sites excluding steroid dienone is 1. The molecule has 0 aliphatic rings. The molecule has 26 heavy (non-hydrogen) atoms. The van der Waals surface area contributed by atoms with Crippen LogP contribution in [0.1, 0.15) is 27.6 Å². The van der Waals surface area contributed by atoms with E-state index in [4.69, 9.17) is 32.4 Å². The van der Waals surface area contributed by atoms with Crippen LogP contribution in [0.4, 0.5) is 0 Å². The molecule has 0 saturated carbocycles. The molecule has 0 fully saturated rings. The van der Waals surface area contributed by atoms with E-state index in [0.29, 0.717) is 38.6 Å². The molecule has 0 atom stereocenters. The molecular formula is C19H16Cl2N2O3. The van der Waals surface area contributed by atoms with E-state index >= 15 is 0 Å². The minimum atomic E-state index is -0.132. The molecule has 0 radical (unpaired) electrons. The van der Waals surface area contributed by atoms with E-state index in [2.05, 4.69) is 5.10 Å². The standard InChI is InChI=1S/C19H16Cl2N2O3/c1-12-15(10-23(2)22-12)18(24)9-8-13-6-7-14(26-13)11-25-19-16(20)4-3-5-17(19)21/h3-10H,11H2,1-2H3/b9-8+. The molecule has 3 rings (SSSR count). The number of rotatable bonds is 6. The fourth-order valence-corrected chi connectivity index (χ4v) is 2.92. The molecule has 2 aromatic heterocycles. The number of nitrogens with zero attached hydrogens (tertiary/aromatic N) is 2. The first-order valence-corrected chi connectivity index (χ1v) is 8.58. The van der Waals surface area contributed by atoms with Gasteiger partial charge in [0.2, 0.25) is 0 Å². The van der Waals surface area contributed by atoms with Crippen LogP contribution in [0, 0.1) is 6.92 Å². The minimum Gasteiger partial charge on any atom is -0.483 e. The van der Waals surface area contributed by atoms with Gasteiger partial charge in [-0.15, -0.1) is 0 Å². The van der Waals surface area contributed by atoms with Gasteiger partial charge in [-0.3, -0.25) is 9.48 Å². The number of benzene rings is 1. The van der Waals surface area contributed by atoms with Crippen molar-refractivity contribution in [1.82, 2.24) is 9.78 Å². The van der Waals surface area contributed by atoms with Crippen molar-refractivity contribution in [2.75, 3.05) is 0 Å². The highest BCUT2D eigenvalue weighted by Gasteiger charge is 2.11. The molecule has 0 aliphatic heterocycles. The van der Waals surface area contributed by atoms with E-state index in [1.807, 2.05) is 0 Å². The maximum absolute atomic E-state index is 12.2. The fraction of sp³-hybridized carbons (Fsp3) is 0.158. The van der Waals surface area contributed by atoms with Crippen molar-refractivity contribution >= 4 is 35.1 Å². The molecule has 7 heteroatoms. The molecule has 134 valence electrons. The van der Waals surface area contributed by atoms with Crippen LogP contribution in [0.5, 0.6) is 5.75 Å². The summed E-state index contributed by atoms with van der Waals surface area (Å²) in [6, 6.07) is 8.67. The summed E-state index contributed by atoms with van der Waals surface area (Å²) in [6.45, 7) is 1.97. The van der Waals surface area contributed by atoms with E-state index in [0.717, 1.165) is 0 Å². The largest absolute Gasteiger partial charge is 0.483 e. The van der Waals surface area contributed by atoms with Crippen molar-refractivity contribution < 1.29 is 13.9 Å². The molecule has 0 aliphatic carbocycles. The first-order chi connectivity index (χ1) is 12.4. The zero-order chi connectivity index (χ0) is 18.7. The average molecular weight is 391 g/mol. The van der Waals surface area contributed by atoms with Crippen molar-refractivity contribution in [2.45, 2.75) is 13.5 Å². The van der Waals surface area contributed by atoms with Gasteiger partial charge in [-0.25, -0.2) is 0 Å². The molecule has 1 aromatic carbocycles. The van der Waals surface area contributed by atoms with Gasteiger partial charge < -0.3 is 9.15 Å². The number of ether oxygens (including phenoxy) is 1. The summed E-state index contributed by atoms with van der Waals surface area (Å²) in [6.07, 6.45) is 4.76. The van der Waals surface area contributed by atoms with Crippen LogP contribution in [-0.2, 0) is 13.7 Å². The van der Waals surface area contributed by atoms with Crippen molar-refractivity contribution in [2.24, 2.45) is 7.05 Å². The molecule has 0 spiro atoms. The van der Waals surface area contributed by atoms with Crippen LogP contribution < -0.4 is 4.74 Å². The lowest BCUT2D eigenvalue weighted by atomic mass is 10.1. The number of halogens is 2. The maximum atomic E-state index is 12.2. The summed E-state index contributed by atoms with van der Waals surface area (Å²) in [5.41, 5.74) is 1.25. The Kier molecular flexibility index (Phi) is 5.49. The number of carbonyl (C=O) groups excluding carboxylic acids is 1. The molecule has 2 heterocycles. The Labute approximate surface area is 160 Å². The first-order valence-electron chi connectivity index (χ1n) is 7.82. The summed E-state index contributed by atoms with van der Waals surface area (Å²) >= 11 is 12.1. The third-order valence-electron chi connectivity index (χ3n) is 3.64. The van der Waals surface area contributed by atoms with Gasteiger partial charge in [0.1, 0.15) is 18.1 Å². The SMILES string of the molecule is Cc1nn(C)cc1C(=O)/C=C/c1ccc(COc2c(Cl)cccc2Cl)o1. The van der Waals surface area contributed by atoms with Crippen LogP contribution in [0.3, 0.4) is 0 Å². The number of ketones is 1. The average Bonchev–Trinajstić information content (AvgIpc) is 3.18. The normalized spacial score (nSPS) is 11.2. The highest BCUT2D eigenvalue weighted by Crippen LogP contribution is 2.33. The van der Waals surface area contributed by atoms with Gasteiger partial charge in [0.15, 0.2) is 11.5 Å². The third-order valence-corrected chi connectivity index (χ3v) is 4.23. The van der Waals surface area contributed by atoms with Gasteiger partial charge >= 0.3 is 0 Å². The summed E-state index contributed by atoms with van der Waals surface area (Å²) < 4.78 is 12.9. The quantitative estimate of drug-likeness (QED) is 0.433. The topological polar surface area (TPSA) is 57.3 Å². The van der Waals surface area contributed by atoms with E-state index in [-0.39, 0.29) is 12.4 Å². The number of hydrogen-bond acceptors (Lipinski definition) is 4. The van der Waals surface area contributed by atoms with Gasteiger partial charge in [-0.1, -0.05) is 29.3 Å². The lowest BCUT2D eigenvalue weighted by Crippen LogP contribution is -1.95. The molecule has 3 aromatic rings. The molecule has 0 bridgehead atoms. The Morgan fingerprint density at radius 1 is 1.27 bits per heavy atom. The zero-order valence-corrected chi connectivity index (χ0v) is 15.7. The van der Waals surface area contributed by atoms with E-state index in [1.54, 1.807) is 61.3 Å². The number of hydrogen-bond donors (Lipinski definition) is 0. The predicted molar refractivity (Wildman–Crippen MR) is 101 cm³/mol. The van der Waals surface area contributed by atoms with Gasteiger partial charge in [-0.2, -0.15) is 5.10 Å². The summed E-state index contributed by atoms with van der Waals surface area (Å²) in [4.78, 5) is 12.2. The number of aromatic nitrogens is 2. The van der Waals surface area contributed by atoms with Crippen LogP contribution in [0.15, 0.2) is 47.0 Å². The molecule has 0 unspecified atom stereocenters. The summed E-state index contributed by atoms with van der Waals surface area (Å²) in [5, 5.41) is 5.02. The predicted octanol–water partition coefficient (Wildman–Crippen LogP) is 5.10. The Morgan fingerprint density at radius 3 is 2.65 bits per heavy atom. The van der Waals surface area contributed by atoms with Gasteiger partial charge in [-0.05, 0) is 43.3 Å². The molecular weight excluding hydrogens is 375 g/mol. The second-order valence-electron chi connectivity index (χ2n) is 5.64. The van der Waals surface area contributed by atoms with Crippen LogP contribution in [0.2, 0.25) is 10.0 Å². The number of furan rings is 1. The van der Waals surface area contributed by atoms with Gasteiger partial charge in [0, 0.05) is 13.2 Å². The molecule has 0 saturated heterocycles. The maximum Gasteiger partial charge on any atom is 0.189 e. The Hall–Kier alpha value is -2.50. The van der Waals surface area contributed by atoms with Crippen molar-refractivity contribution in [3.05, 3.63) is 75.4 Å². The third kappa shape index (κ3) is 4.18. The number of carbonyl (C=O) groups is 1. The lowest BCUT2D eigenvalue weighted by molar-refractivity contribution is 0.104. The van der Waals surface area contributed by atoms with E-state index in [1.165, 1.54) is 6.08 Å². The van der Waals surface area contributed by atoms with Crippen LogP contribution in [-0.4, -0.2) is 15.6 Å². The lowest BCUT2D eigenvalue weighted by Gasteiger charge is -2.07. The van der Waals surface area contributed by atoms with Crippen molar-refractivity contribution in [3.63, 3.8) is 0 Å². The molecule has 0 N–H and O–H groups in total. The highest BCUT2D eigenvalue weighted by molar-refractivity contribution is 6.37. The monoisotopic (exact) mass is 390 g/mol. The first kappa shape index (κ1) is 18.3. The van der Waals surface area contributed by atoms with Gasteiger partial charge in [0.25, 0.3) is 0 Å². The molecule has 0 amide bonds. The smallest absolute Gasteiger partial charge is 0.189 e. The second kappa shape index (κ2) is 7.81. The number of aryl methyl sites for hydroxylation is 2. The second-order valence-corrected chi connectivity index (χ2v) is 6.46. The Morgan fingerprint density at radius 2 is 2.00 bits per heavy atom. The van der Waals surface area contributed by atoms with Crippen LogP contribution in [0.25, 0.3) is 6.08 Å². The van der Waals surface area contributed by atoms with Crippen LogP contribution >= 0.6 is 23.2 Å².